The summed E-state index contributed by atoms with van der Waals surface area (Å²) in [4.78, 5) is 23.2. The van der Waals surface area contributed by atoms with E-state index in [9.17, 15) is 18.0 Å². The molecule has 0 amide bonds. The average molecular weight is 426 g/mol. The molecule has 28 heavy (non-hydrogen) atoms. The molecule has 1 N–H and O–H groups in total. The molecule has 0 aliphatic carbocycles. The Balaban J connectivity index is 1.92. The largest absolute Gasteiger partial charge is 0.466 e. The summed E-state index contributed by atoms with van der Waals surface area (Å²) in [5.74, 6) is -0.883. The quantitative estimate of drug-likeness (QED) is 0.734. The second-order valence-electron chi connectivity index (χ2n) is 6.41. The average Bonchev–Trinajstić information content (AvgIpc) is 2.69. The number of H-pyrrole nitrogens is 1. The van der Waals surface area contributed by atoms with Crippen molar-refractivity contribution in [3.05, 3.63) is 45.7 Å². The molecule has 1 saturated heterocycles. The van der Waals surface area contributed by atoms with Gasteiger partial charge in [-0.2, -0.15) is 9.40 Å². The van der Waals surface area contributed by atoms with Crippen LogP contribution in [0.4, 0.5) is 0 Å². The van der Waals surface area contributed by atoms with Gasteiger partial charge in [0.2, 0.25) is 10.0 Å². The Morgan fingerprint density at radius 3 is 2.82 bits per heavy atom. The summed E-state index contributed by atoms with van der Waals surface area (Å²) >= 11 is 6.19. The Morgan fingerprint density at radius 2 is 2.14 bits per heavy atom. The van der Waals surface area contributed by atoms with Gasteiger partial charge < -0.3 is 4.74 Å². The Kier molecular flexibility index (Phi) is 6.17. The number of hydrogen-bond acceptors (Lipinski definition) is 6. The summed E-state index contributed by atoms with van der Waals surface area (Å²) in [5.41, 5.74) is 0.554. The summed E-state index contributed by atoms with van der Waals surface area (Å²) in [6.45, 7) is 2.32. The molecule has 1 aliphatic rings. The number of piperidine rings is 1. The van der Waals surface area contributed by atoms with Crippen LogP contribution in [0, 0.1) is 5.92 Å². The second kappa shape index (κ2) is 8.42. The van der Waals surface area contributed by atoms with Gasteiger partial charge in [0.05, 0.1) is 23.2 Å². The topological polar surface area (TPSA) is 109 Å². The molecule has 1 atom stereocenters. The molecule has 1 aliphatic heterocycles. The molecule has 0 radical (unpaired) electrons. The summed E-state index contributed by atoms with van der Waals surface area (Å²) < 4.78 is 32.7. The number of hydrogen-bond donors (Lipinski definition) is 1. The van der Waals surface area contributed by atoms with Crippen molar-refractivity contribution in [1.82, 2.24) is 14.5 Å². The predicted octanol–water partition coefficient (Wildman–Crippen LogP) is 2.05. The number of aromatic amines is 1. The zero-order valence-electron chi connectivity index (χ0n) is 15.2. The Labute approximate surface area is 167 Å². The van der Waals surface area contributed by atoms with E-state index in [1.165, 1.54) is 28.6 Å². The Hall–Kier alpha value is -2.23. The molecule has 0 saturated carbocycles. The maximum Gasteiger partial charge on any atom is 0.310 e. The standard InChI is InChI=1S/C18H20ClN3O5S/c1-2-27-18(24)13-4-3-9-22(11-13)28(25,26)16-10-12(5-6-14(16)19)15-7-8-17(23)21-20-15/h5-8,10,13H,2-4,9,11H2,1H3,(H,21,23)/t13-/m0/s1. The van der Waals surface area contributed by atoms with E-state index in [1.54, 1.807) is 13.0 Å². The molecule has 150 valence electrons. The van der Waals surface area contributed by atoms with Crippen molar-refractivity contribution in [2.24, 2.45) is 5.92 Å². The molecule has 3 rings (SSSR count). The van der Waals surface area contributed by atoms with Crippen molar-refractivity contribution in [2.75, 3.05) is 19.7 Å². The smallest absolute Gasteiger partial charge is 0.310 e. The van der Waals surface area contributed by atoms with Crippen molar-refractivity contribution in [2.45, 2.75) is 24.7 Å². The first kappa shape index (κ1) is 20.5. The molecule has 0 unspecified atom stereocenters. The number of ether oxygens (including phenoxy) is 1. The van der Waals surface area contributed by atoms with Crippen molar-refractivity contribution in [3.8, 4) is 11.3 Å². The third kappa shape index (κ3) is 4.26. The molecule has 0 spiro atoms. The number of halogens is 1. The van der Waals surface area contributed by atoms with Gasteiger partial charge in [0.15, 0.2) is 0 Å². The van der Waals surface area contributed by atoms with Crippen LogP contribution in [-0.4, -0.2) is 48.6 Å². The van der Waals surface area contributed by atoms with Crippen LogP contribution in [0.3, 0.4) is 0 Å². The van der Waals surface area contributed by atoms with Crippen LogP contribution < -0.4 is 5.56 Å². The molecule has 0 bridgehead atoms. The SMILES string of the molecule is CCOC(=O)[C@H]1CCCN(S(=O)(=O)c2cc(-c3ccc(=O)[nH]n3)ccc2Cl)C1. The molecule has 10 heteroatoms. The fourth-order valence-corrected chi connectivity index (χ4v) is 5.14. The zero-order chi connectivity index (χ0) is 20.3. The lowest BCUT2D eigenvalue weighted by Gasteiger charge is -2.31. The highest BCUT2D eigenvalue weighted by atomic mass is 35.5. The van der Waals surface area contributed by atoms with E-state index in [-0.39, 0.29) is 34.6 Å². The number of aromatic nitrogens is 2. The molecule has 1 fully saturated rings. The lowest BCUT2D eigenvalue weighted by atomic mass is 10.0. The van der Waals surface area contributed by atoms with Crippen molar-refractivity contribution in [1.29, 1.82) is 0 Å². The number of esters is 1. The van der Waals surface area contributed by atoms with E-state index in [0.29, 0.717) is 30.6 Å². The first-order valence-corrected chi connectivity index (χ1v) is 10.7. The van der Waals surface area contributed by atoms with Crippen molar-refractivity contribution < 1.29 is 17.9 Å². The molecule has 2 heterocycles. The summed E-state index contributed by atoms with van der Waals surface area (Å²) in [7, 11) is -3.92. The molecule has 8 nitrogen and oxygen atoms in total. The van der Waals surface area contributed by atoms with Crippen molar-refractivity contribution >= 4 is 27.6 Å². The van der Waals surface area contributed by atoms with Gasteiger partial charge in [0, 0.05) is 24.7 Å². The zero-order valence-corrected chi connectivity index (χ0v) is 16.8. The van der Waals surface area contributed by atoms with Gasteiger partial charge in [-0.1, -0.05) is 17.7 Å². The second-order valence-corrected chi connectivity index (χ2v) is 8.72. The normalized spacial score (nSPS) is 18.0. The minimum atomic E-state index is -3.92. The highest BCUT2D eigenvalue weighted by Crippen LogP contribution is 2.31. The monoisotopic (exact) mass is 425 g/mol. The number of nitrogens with zero attached hydrogens (tertiary/aromatic N) is 2. The number of rotatable bonds is 5. The van der Waals surface area contributed by atoms with Crippen LogP contribution in [0.1, 0.15) is 19.8 Å². The molecule has 2 aromatic rings. The van der Waals surface area contributed by atoms with Crippen molar-refractivity contribution in [3.63, 3.8) is 0 Å². The third-order valence-electron chi connectivity index (χ3n) is 4.53. The van der Waals surface area contributed by atoms with E-state index in [1.807, 2.05) is 0 Å². The first-order valence-electron chi connectivity index (χ1n) is 8.85. The summed E-state index contributed by atoms with van der Waals surface area (Å²) in [6.07, 6.45) is 1.14. The van der Waals surface area contributed by atoms with Crippen LogP contribution in [0.2, 0.25) is 5.02 Å². The molecular weight excluding hydrogens is 406 g/mol. The maximum absolute atomic E-state index is 13.2. The van der Waals surface area contributed by atoms with Crippen LogP contribution in [0.15, 0.2) is 40.0 Å². The van der Waals surface area contributed by atoms with Gasteiger partial charge in [0.25, 0.3) is 5.56 Å². The van der Waals surface area contributed by atoms with Gasteiger partial charge >= 0.3 is 5.97 Å². The molecular formula is C18H20ClN3O5S. The minimum absolute atomic E-state index is 0.0542. The Morgan fingerprint density at radius 1 is 1.36 bits per heavy atom. The summed E-state index contributed by atoms with van der Waals surface area (Å²) in [5, 5.41) is 6.31. The van der Waals surface area contributed by atoms with Crippen LogP contribution in [0.5, 0.6) is 0 Å². The van der Waals surface area contributed by atoms with E-state index >= 15 is 0 Å². The fourth-order valence-electron chi connectivity index (χ4n) is 3.12. The number of nitrogens with one attached hydrogen (secondary N) is 1. The van der Waals surface area contributed by atoms with E-state index in [2.05, 4.69) is 10.2 Å². The highest BCUT2D eigenvalue weighted by Gasteiger charge is 2.35. The van der Waals surface area contributed by atoms with Gasteiger partial charge in [-0.25, -0.2) is 13.5 Å². The van der Waals surface area contributed by atoms with Crippen LogP contribution in [-0.2, 0) is 19.6 Å². The minimum Gasteiger partial charge on any atom is -0.466 e. The molecule has 1 aromatic carbocycles. The van der Waals surface area contributed by atoms with Gasteiger partial charge in [-0.15, -0.1) is 0 Å². The molecule has 1 aromatic heterocycles. The number of benzene rings is 1. The highest BCUT2D eigenvalue weighted by molar-refractivity contribution is 7.89. The number of carbonyl (C=O) groups excluding carboxylic acids is 1. The van der Waals surface area contributed by atoms with Gasteiger partial charge in [-0.3, -0.25) is 9.59 Å². The lowest BCUT2D eigenvalue weighted by molar-refractivity contribution is -0.149. The first-order chi connectivity index (χ1) is 13.3. The van der Waals surface area contributed by atoms with Gasteiger partial charge in [0.1, 0.15) is 4.90 Å². The van der Waals surface area contributed by atoms with Crippen LogP contribution in [0.25, 0.3) is 11.3 Å². The van der Waals surface area contributed by atoms with Gasteiger partial charge in [-0.05, 0) is 38.0 Å². The summed E-state index contributed by atoms with van der Waals surface area (Å²) in [6, 6.07) is 7.32. The van der Waals surface area contributed by atoms with E-state index in [4.69, 9.17) is 16.3 Å². The predicted molar refractivity (Wildman–Crippen MR) is 103 cm³/mol. The maximum atomic E-state index is 13.2. The Bertz CT molecular complexity index is 1020. The van der Waals surface area contributed by atoms with E-state index in [0.717, 1.165) is 0 Å². The number of sulfonamides is 1. The third-order valence-corrected chi connectivity index (χ3v) is 6.87. The lowest BCUT2D eigenvalue weighted by Crippen LogP contribution is -2.42. The number of carbonyl (C=O) groups is 1. The fraction of sp³-hybridized carbons (Fsp3) is 0.389. The van der Waals surface area contributed by atoms with E-state index < -0.39 is 15.9 Å². The van der Waals surface area contributed by atoms with Crippen LogP contribution >= 0.6 is 11.6 Å².